The van der Waals surface area contributed by atoms with Gasteiger partial charge >= 0.3 is 0 Å². The molecule has 0 unspecified atom stereocenters. The van der Waals surface area contributed by atoms with Crippen molar-refractivity contribution >= 4 is 11.8 Å². The zero-order valence-electron chi connectivity index (χ0n) is 12.3. The Kier molecular flexibility index (Phi) is 3.96. The molecule has 0 radical (unpaired) electrons. The van der Waals surface area contributed by atoms with Crippen LogP contribution >= 0.6 is 0 Å². The third-order valence-corrected chi connectivity index (χ3v) is 4.19. The van der Waals surface area contributed by atoms with Crippen LogP contribution in [-0.2, 0) is 4.79 Å². The molecule has 2 heterocycles. The van der Waals surface area contributed by atoms with E-state index in [9.17, 15) is 9.59 Å². The maximum absolute atomic E-state index is 12.5. The first-order valence-electron chi connectivity index (χ1n) is 7.48. The maximum atomic E-state index is 12.5. The topological polar surface area (TPSA) is 79.2 Å². The van der Waals surface area contributed by atoms with Crippen molar-refractivity contribution in [1.82, 2.24) is 9.88 Å². The van der Waals surface area contributed by atoms with Crippen molar-refractivity contribution in [1.29, 1.82) is 0 Å². The number of amides is 2. The van der Waals surface area contributed by atoms with Gasteiger partial charge in [0.1, 0.15) is 5.69 Å². The van der Waals surface area contributed by atoms with E-state index in [1.54, 1.807) is 4.90 Å². The molecule has 1 aromatic heterocycles. The van der Waals surface area contributed by atoms with E-state index in [2.05, 4.69) is 4.98 Å². The molecule has 2 aromatic rings. The number of nitrogens with two attached hydrogens (primary N) is 1. The van der Waals surface area contributed by atoms with E-state index in [1.165, 1.54) is 0 Å². The van der Waals surface area contributed by atoms with Gasteiger partial charge in [0.15, 0.2) is 0 Å². The Bertz CT molecular complexity index is 670. The summed E-state index contributed by atoms with van der Waals surface area (Å²) in [6, 6.07) is 13.6. The smallest absolute Gasteiger partial charge is 0.270 e. The lowest BCUT2D eigenvalue weighted by Crippen LogP contribution is -2.41. The molecule has 0 spiro atoms. The quantitative estimate of drug-likeness (QED) is 0.909. The molecule has 0 atom stereocenters. The molecule has 2 amide bonds. The van der Waals surface area contributed by atoms with Crippen LogP contribution in [0.25, 0.3) is 11.3 Å². The summed E-state index contributed by atoms with van der Waals surface area (Å²) in [6.07, 6.45) is 1.29. The maximum Gasteiger partial charge on any atom is 0.270 e. The fraction of sp³-hybridized carbons (Fsp3) is 0.294. The Morgan fingerprint density at radius 2 is 1.73 bits per heavy atom. The first kappa shape index (κ1) is 14.4. The Labute approximate surface area is 129 Å². The summed E-state index contributed by atoms with van der Waals surface area (Å²) in [5.41, 5.74) is 7.88. The number of carbonyl (C=O) groups is 2. The van der Waals surface area contributed by atoms with Crippen molar-refractivity contribution in [3.8, 4) is 11.3 Å². The van der Waals surface area contributed by atoms with E-state index in [4.69, 9.17) is 5.73 Å². The number of primary amides is 1. The molecule has 1 fully saturated rings. The van der Waals surface area contributed by atoms with Gasteiger partial charge in [-0.2, -0.15) is 0 Å². The van der Waals surface area contributed by atoms with Crippen LogP contribution in [0.15, 0.2) is 42.5 Å². The van der Waals surface area contributed by atoms with Crippen molar-refractivity contribution in [3.63, 3.8) is 0 Å². The van der Waals surface area contributed by atoms with Gasteiger partial charge in [-0.05, 0) is 30.5 Å². The van der Waals surface area contributed by atoms with Gasteiger partial charge in [0.2, 0.25) is 5.91 Å². The van der Waals surface area contributed by atoms with Crippen LogP contribution in [0.5, 0.6) is 0 Å². The Morgan fingerprint density at radius 1 is 1.05 bits per heavy atom. The second-order valence-corrected chi connectivity index (χ2v) is 5.62. The molecule has 3 N–H and O–H groups in total. The lowest BCUT2D eigenvalue weighted by molar-refractivity contribution is -0.123. The number of aromatic nitrogens is 1. The number of nitrogens with one attached hydrogen (secondary N) is 1. The van der Waals surface area contributed by atoms with E-state index < -0.39 is 0 Å². The number of likely N-dealkylation sites (tertiary alicyclic amines) is 1. The van der Waals surface area contributed by atoms with Gasteiger partial charge in [0.25, 0.3) is 5.91 Å². The van der Waals surface area contributed by atoms with Crippen LogP contribution < -0.4 is 5.73 Å². The molecule has 5 nitrogen and oxygen atoms in total. The van der Waals surface area contributed by atoms with Crippen LogP contribution in [0, 0.1) is 5.92 Å². The minimum Gasteiger partial charge on any atom is -0.369 e. The summed E-state index contributed by atoms with van der Waals surface area (Å²) >= 11 is 0. The molecule has 5 heteroatoms. The average Bonchev–Trinajstić information content (AvgIpc) is 3.05. The first-order chi connectivity index (χ1) is 10.6. The fourth-order valence-corrected chi connectivity index (χ4v) is 2.84. The highest BCUT2D eigenvalue weighted by atomic mass is 16.2. The summed E-state index contributed by atoms with van der Waals surface area (Å²) in [6.45, 7) is 1.15. The predicted molar refractivity (Wildman–Crippen MR) is 84.1 cm³/mol. The normalized spacial score (nSPS) is 15.7. The monoisotopic (exact) mass is 297 g/mol. The molecule has 1 aliphatic heterocycles. The number of aromatic amines is 1. The Morgan fingerprint density at radius 3 is 2.36 bits per heavy atom. The molecular formula is C17H19N3O2. The number of carbonyl (C=O) groups excluding carboxylic acids is 2. The predicted octanol–water partition coefficient (Wildman–Crippen LogP) is 2.02. The Balaban J connectivity index is 1.69. The van der Waals surface area contributed by atoms with Gasteiger partial charge in [0.05, 0.1) is 0 Å². The van der Waals surface area contributed by atoms with Gasteiger partial charge in [-0.1, -0.05) is 30.3 Å². The number of nitrogens with zero attached hydrogens (tertiary/aromatic N) is 1. The van der Waals surface area contributed by atoms with Crippen LogP contribution in [0.2, 0.25) is 0 Å². The van der Waals surface area contributed by atoms with Crippen molar-refractivity contribution in [2.24, 2.45) is 11.7 Å². The van der Waals surface area contributed by atoms with E-state index in [1.807, 2.05) is 42.5 Å². The molecule has 114 valence electrons. The number of H-pyrrole nitrogens is 1. The number of rotatable bonds is 3. The zero-order valence-corrected chi connectivity index (χ0v) is 12.3. The van der Waals surface area contributed by atoms with Crippen LogP contribution in [0.3, 0.4) is 0 Å². The highest BCUT2D eigenvalue weighted by Crippen LogP contribution is 2.21. The van der Waals surface area contributed by atoms with Gasteiger partial charge in [-0.15, -0.1) is 0 Å². The molecule has 1 aliphatic rings. The van der Waals surface area contributed by atoms with Gasteiger partial charge in [-0.3, -0.25) is 9.59 Å². The van der Waals surface area contributed by atoms with E-state index in [-0.39, 0.29) is 17.7 Å². The third kappa shape index (κ3) is 2.88. The molecule has 22 heavy (non-hydrogen) atoms. The molecule has 3 rings (SSSR count). The van der Waals surface area contributed by atoms with Crippen LogP contribution in [0.4, 0.5) is 0 Å². The standard InChI is InChI=1S/C17H19N3O2/c18-16(21)13-8-10-20(11-9-13)17(22)15-7-6-14(19-15)12-4-2-1-3-5-12/h1-7,13,19H,8-11H2,(H2,18,21). The molecular weight excluding hydrogens is 278 g/mol. The van der Waals surface area contributed by atoms with Crippen molar-refractivity contribution in [2.75, 3.05) is 13.1 Å². The minimum atomic E-state index is -0.265. The minimum absolute atomic E-state index is 0.0231. The van der Waals surface area contributed by atoms with Crippen LogP contribution in [0.1, 0.15) is 23.3 Å². The van der Waals surface area contributed by atoms with E-state index in [0.717, 1.165) is 11.3 Å². The highest BCUT2D eigenvalue weighted by Gasteiger charge is 2.26. The summed E-state index contributed by atoms with van der Waals surface area (Å²) in [5.74, 6) is -0.393. The largest absolute Gasteiger partial charge is 0.369 e. The van der Waals surface area contributed by atoms with E-state index >= 15 is 0 Å². The van der Waals surface area contributed by atoms with E-state index in [0.29, 0.717) is 31.6 Å². The second kappa shape index (κ2) is 6.05. The lowest BCUT2D eigenvalue weighted by atomic mass is 9.96. The molecule has 0 aliphatic carbocycles. The molecule has 0 bridgehead atoms. The molecule has 1 saturated heterocycles. The summed E-state index contributed by atoms with van der Waals surface area (Å²) in [7, 11) is 0. The molecule has 0 saturated carbocycles. The van der Waals surface area contributed by atoms with Crippen molar-refractivity contribution < 1.29 is 9.59 Å². The summed E-state index contributed by atoms with van der Waals surface area (Å²) in [4.78, 5) is 28.6. The SMILES string of the molecule is NC(=O)C1CCN(C(=O)c2ccc(-c3ccccc3)[nH]2)CC1. The lowest BCUT2D eigenvalue weighted by Gasteiger charge is -2.30. The highest BCUT2D eigenvalue weighted by molar-refractivity contribution is 5.93. The summed E-state index contributed by atoms with van der Waals surface area (Å²) < 4.78 is 0. The average molecular weight is 297 g/mol. The number of hydrogen-bond donors (Lipinski definition) is 2. The number of benzene rings is 1. The van der Waals surface area contributed by atoms with Crippen LogP contribution in [-0.4, -0.2) is 34.8 Å². The third-order valence-electron chi connectivity index (χ3n) is 4.19. The Hall–Kier alpha value is -2.56. The molecule has 1 aromatic carbocycles. The second-order valence-electron chi connectivity index (χ2n) is 5.62. The van der Waals surface area contributed by atoms with Gasteiger partial charge in [-0.25, -0.2) is 0 Å². The van der Waals surface area contributed by atoms with Gasteiger partial charge in [0, 0.05) is 24.7 Å². The number of hydrogen-bond acceptors (Lipinski definition) is 2. The summed E-state index contributed by atoms with van der Waals surface area (Å²) in [5, 5.41) is 0. The van der Waals surface area contributed by atoms with Crippen molar-refractivity contribution in [3.05, 3.63) is 48.2 Å². The first-order valence-corrected chi connectivity index (χ1v) is 7.48. The fourth-order valence-electron chi connectivity index (χ4n) is 2.84. The van der Waals surface area contributed by atoms with Crippen molar-refractivity contribution in [2.45, 2.75) is 12.8 Å². The zero-order chi connectivity index (χ0) is 15.5. The van der Waals surface area contributed by atoms with Gasteiger partial charge < -0.3 is 15.6 Å². The number of piperidine rings is 1.